The van der Waals surface area contributed by atoms with Gasteiger partial charge in [0.15, 0.2) is 6.04 Å². The van der Waals surface area contributed by atoms with Crippen molar-refractivity contribution in [2.45, 2.75) is 12.5 Å². The smallest absolute Gasteiger partial charge is 0.249 e. The summed E-state index contributed by atoms with van der Waals surface area (Å²) in [7, 11) is 1.51. The summed E-state index contributed by atoms with van der Waals surface area (Å²) in [4.78, 5) is 33.6. The maximum atomic E-state index is 11.6. The van der Waals surface area contributed by atoms with E-state index in [9.17, 15) is 14.4 Å². The molecule has 1 rings (SSSR count). The van der Waals surface area contributed by atoms with Crippen LogP contribution < -0.4 is 26.8 Å². The molecule has 0 aromatic heterocycles. The molecule has 1 aromatic carbocycles. The number of hydrogen-bond donors (Lipinski definition) is 4. The molecule has 0 aliphatic rings. The van der Waals surface area contributed by atoms with Crippen molar-refractivity contribution < 1.29 is 19.1 Å². The number of carbonyl (C=O) groups excluding carboxylic acids is 3. The molecule has 0 unspecified atom stereocenters. The number of carbonyl (C=O) groups is 3. The summed E-state index contributed by atoms with van der Waals surface area (Å²) in [5, 5.41) is 5.63. The van der Waals surface area contributed by atoms with E-state index >= 15 is 0 Å². The molecule has 22 heavy (non-hydrogen) atoms. The van der Waals surface area contributed by atoms with Gasteiger partial charge in [-0.05, 0) is 18.2 Å². The van der Waals surface area contributed by atoms with Crippen LogP contribution in [-0.2, 0) is 14.4 Å². The van der Waals surface area contributed by atoms with Crippen LogP contribution in [0.3, 0.4) is 0 Å². The summed E-state index contributed by atoms with van der Waals surface area (Å²) in [6, 6.07) is 3.48. The van der Waals surface area contributed by atoms with E-state index in [1.165, 1.54) is 7.11 Å². The Bertz CT molecular complexity index is 565. The Morgan fingerprint density at radius 2 is 1.91 bits per heavy atom. The van der Waals surface area contributed by atoms with E-state index in [1.807, 2.05) is 0 Å². The number of nitrogens with two attached hydrogens (primary N) is 2. The van der Waals surface area contributed by atoms with Crippen molar-refractivity contribution >= 4 is 35.0 Å². The molecule has 9 heteroatoms. The highest BCUT2D eigenvalue weighted by Crippen LogP contribution is 2.27. The van der Waals surface area contributed by atoms with Crippen LogP contribution in [-0.4, -0.2) is 37.4 Å². The van der Waals surface area contributed by atoms with Crippen molar-refractivity contribution in [3.05, 3.63) is 23.2 Å². The second kappa shape index (κ2) is 8.08. The lowest BCUT2D eigenvalue weighted by Crippen LogP contribution is -2.52. The molecule has 0 heterocycles. The second-order valence-corrected chi connectivity index (χ2v) is 4.76. The Kier molecular flexibility index (Phi) is 6.46. The molecular formula is C13H17ClN4O4. The van der Waals surface area contributed by atoms with Gasteiger partial charge in [-0.15, -0.1) is 0 Å². The van der Waals surface area contributed by atoms with E-state index in [0.717, 1.165) is 0 Å². The highest BCUT2D eigenvalue weighted by Gasteiger charge is 2.23. The van der Waals surface area contributed by atoms with E-state index < -0.39 is 23.8 Å². The molecular weight excluding hydrogens is 312 g/mol. The number of anilines is 1. The van der Waals surface area contributed by atoms with Gasteiger partial charge in [0.1, 0.15) is 5.75 Å². The quantitative estimate of drug-likeness (QED) is 0.481. The van der Waals surface area contributed by atoms with Gasteiger partial charge in [-0.1, -0.05) is 11.6 Å². The van der Waals surface area contributed by atoms with Crippen LogP contribution in [0.4, 0.5) is 5.69 Å². The van der Waals surface area contributed by atoms with Crippen molar-refractivity contribution in [1.82, 2.24) is 5.32 Å². The summed E-state index contributed by atoms with van der Waals surface area (Å²) < 4.78 is 5.14. The maximum Gasteiger partial charge on any atom is 0.249 e. The van der Waals surface area contributed by atoms with Crippen LogP contribution in [0.15, 0.2) is 18.2 Å². The molecule has 0 aliphatic carbocycles. The van der Waals surface area contributed by atoms with Crippen molar-refractivity contribution in [3.8, 4) is 5.75 Å². The highest BCUT2D eigenvalue weighted by molar-refractivity contribution is 6.30. The Morgan fingerprint density at radius 3 is 2.45 bits per heavy atom. The van der Waals surface area contributed by atoms with E-state index in [4.69, 9.17) is 27.8 Å². The zero-order valence-corrected chi connectivity index (χ0v) is 12.6. The van der Waals surface area contributed by atoms with Crippen LogP contribution >= 0.6 is 11.6 Å². The number of halogens is 1. The first-order valence-electron chi connectivity index (χ1n) is 6.30. The average Bonchev–Trinajstić information content (AvgIpc) is 2.44. The third kappa shape index (κ3) is 5.13. The van der Waals surface area contributed by atoms with Gasteiger partial charge in [0.2, 0.25) is 17.7 Å². The van der Waals surface area contributed by atoms with E-state index in [-0.39, 0.29) is 13.0 Å². The predicted octanol–water partition coefficient (Wildman–Crippen LogP) is -0.394. The minimum absolute atomic E-state index is 0.00721. The molecule has 0 aliphatic heterocycles. The Hall–Kier alpha value is -2.48. The molecule has 0 atom stereocenters. The van der Waals surface area contributed by atoms with Gasteiger partial charge in [-0.2, -0.15) is 0 Å². The fraction of sp³-hybridized carbons (Fsp3) is 0.308. The fourth-order valence-corrected chi connectivity index (χ4v) is 1.82. The molecule has 6 N–H and O–H groups in total. The number of hydrogen-bond acceptors (Lipinski definition) is 5. The monoisotopic (exact) mass is 328 g/mol. The standard InChI is InChI=1S/C13H17ClN4O4/c1-22-9-3-2-7(14)6-8(9)17-5-4-10(19)18-11(12(15)20)13(16)21/h2-3,6,11,17H,4-5H2,1H3,(H2,15,20)(H2,16,21)(H,18,19). The van der Waals surface area contributed by atoms with Crippen molar-refractivity contribution in [2.75, 3.05) is 19.0 Å². The molecule has 0 saturated carbocycles. The van der Waals surface area contributed by atoms with Crippen LogP contribution in [0.1, 0.15) is 6.42 Å². The van der Waals surface area contributed by atoms with Gasteiger partial charge in [0.25, 0.3) is 0 Å². The molecule has 1 aromatic rings. The van der Waals surface area contributed by atoms with Gasteiger partial charge < -0.3 is 26.8 Å². The van der Waals surface area contributed by atoms with Crippen LogP contribution in [0.5, 0.6) is 5.75 Å². The molecule has 0 saturated heterocycles. The largest absolute Gasteiger partial charge is 0.495 e. The SMILES string of the molecule is COc1ccc(Cl)cc1NCCC(=O)NC(C(N)=O)C(N)=O. The third-order valence-electron chi connectivity index (χ3n) is 2.70. The van der Waals surface area contributed by atoms with Gasteiger partial charge in [0.05, 0.1) is 12.8 Å². The molecule has 0 radical (unpaired) electrons. The van der Waals surface area contributed by atoms with Gasteiger partial charge in [0, 0.05) is 18.0 Å². The van der Waals surface area contributed by atoms with Crippen molar-refractivity contribution in [1.29, 1.82) is 0 Å². The van der Waals surface area contributed by atoms with Gasteiger partial charge in [-0.3, -0.25) is 14.4 Å². The minimum atomic E-state index is -1.52. The summed E-state index contributed by atoms with van der Waals surface area (Å²) in [6.45, 7) is 0.229. The number of primary amides is 2. The third-order valence-corrected chi connectivity index (χ3v) is 2.94. The molecule has 0 spiro atoms. The molecule has 0 bridgehead atoms. The van der Waals surface area contributed by atoms with Crippen LogP contribution in [0.2, 0.25) is 5.02 Å². The first kappa shape index (κ1) is 17.6. The molecule has 3 amide bonds. The molecule has 120 valence electrons. The first-order valence-corrected chi connectivity index (χ1v) is 6.68. The average molecular weight is 329 g/mol. The summed E-state index contributed by atoms with van der Waals surface area (Å²) >= 11 is 5.88. The van der Waals surface area contributed by atoms with Gasteiger partial charge >= 0.3 is 0 Å². The van der Waals surface area contributed by atoms with Crippen LogP contribution in [0.25, 0.3) is 0 Å². The summed E-state index contributed by atoms with van der Waals surface area (Å²) in [5.74, 6) is -2.00. The first-order chi connectivity index (χ1) is 10.3. The van der Waals surface area contributed by atoms with E-state index in [1.54, 1.807) is 18.2 Å². The predicted molar refractivity (Wildman–Crippen MR) is 81.4 cm³/mol. The molecule has 8 nitrogen and oxygen atoms in total. The summed E-state index contributed by atoms with van der Waals surface area (Å²) in [6.07, 6.45) is -0.00721. The number of ether oxygens (including phenoxy) is 1. The number of amides is 3. The lowest BCUT2D eigenvalue weighted by Gasteiger charge is -2.13. The summed E-state index contributed by atoms with van der Waals surface area (Å²) in [5.41, 5.74) is 10.5. The normalized spacial score (nSPS) is 10.1. The number of benzene rings is 1. The molecule has 0 fully saturated rings. The minimum Gasteiger partial charge on any atom is -0.495 e. The zero-order valence-electron chi connectivity index (χ0n) is 11.9. The highest BCUT2D eigenvalue weighted by atomic mass is 35.5. The Balaban J connectivity index is 2.53. The van der Waals surface area contributed by atoms with E-state index in [0.29, 0.717) is 16.5 Å². The van der Waals surface area contributed by atoms with Crippen molar-refractivity contribution in [2.24, 2.45) is 11.5 Å². The Morgan fingerprint density at radius 1 is 1.27 bits per heavy atom. The fourth-order valence-electron chi connectivity index (χ4n) is 1.64. The topological polar surface area (TPSA) is 137 Å². The number of rotatable bonds is 8. The number of methoxy groups -OCH3 is 1. The maximum absolute atomic E-state index is 11.6. The van der Waals surface area contributed by atoms with Gasteiger partial charge in [-0.25, -0.2) is 0 Å². The lowest BCUT2D eigenvalue weighted by atomic mass is 10.2. The van der Waals surface area contributed by atoms with E-state index in [2.05, 4.69) is 10.6 Å². The zero-order chi connectivity index (χ0) is 16.7. The number of nitrogens with one attached hydrogen (secondary N) is 2. The second-order valence-electron chi connectivity index (χ2n) is 4.33. The Labute approximate surface area is 132 Å². The van der Waals surface area contributed by atoms with Crippen LogP contribution in [0, 0.1) is 0 Å². The lowest BCUT2D eigenvalue weighted by molar-refractivity contribution is -0.133. The van der Waals surface area contributed by atoms with Crippen molar-refractivity contribution in [3.63, 3.8) is 0 Å².